The molecular weight excluding hydrogens is 304 g/mol. The van der Waals surface area contributed by atoms with Gasteiger partial charge in [0.2, 0.25) is 0 Å². The normalized spacial score (nSPS) is 35.2. The molecule has 3 aliphatic carbocycles. The van der Waals surface area contributed by atoms with Gasteiger partial charge in [-0.2, -0.15) is 0 Å². The van der Waals surface area contributed by atoms with Crippen LogP contribution in [0.1, 0.15) is 19.3 Å². The highest BCUT2D eigenvalue weighted by atomic mass is 32.2. The van der Waals surface area contributed by atoms with Crippen LogP contribution in [-0.2, 0) is 9.84 Å². The Morgan fingerprint density at radius 1 is 1.23 bits per heavy atom. The van der Waals surface area contributed by atoms with E-state index in [4.69, 9.17) is 0 Å². The Labute approximate surface area is 129 Å². The zero-order chi connectivity index (χ0) is 15.6. The molecule has 7 heteroatoms. The van der Waals surface area contributed by atoms with Gasteiger partial charge < -0.3 is 5.32 Å². The number of para-hydroxylation sites is 1. The van der Waals surface area contributed by atoms with Crippen molar-refractivity contribution in [3.05, 3.63) is 28.3 Å². The summed E-state index contributed by atoms with van der Waals surface area (Å²) in [6.45, 7) is 0. The van der Waals surface area contributed by atoms with Crippen LogP contribution in [0, 0.1) is 33.8 Å². The van der Waals surface area contributed by atoms with Crippen molar-refractivity contribution in [2.45, 2.75) is 30.2 Å². The van der Waals surface area contributed by atoms with Gasteiger partial charge in [-0.3, -0.25) is 10.1 Å². The van der Waals surface area contributed by atoms with E-state index >= 15 is 0 Å². The number of hydrogen-bond acceptors (Lipinski definition) is 5. The van der Waals surface area contributed by atoms with Gasteiger partial charge in [0.05, 0.1) is 4.92 Å². The Morgan fingerprint density at radius 2 is 1.86 bits per heavy atom. The summed E-state index contributed by atoms with van der Waals surface area (Å²) in [7, 11) is -3.63. The van der Waals surface area contributed by atoms with Crippen molar-refractivity contribution in [1.82, 2.24) is 0 Å². The predicted molar refractivity (Wildman–Crippen MR) is 81.4 cm³/mol. The summed E-state index contributed by atoms with van der Waals surface area (Å²) in [5.74, 6) is 2.76. The number of nitro groups is 1. The number of nitrogens with one attached hydrogen (secondary N) is 1. The van der Waals surface area contributed by atoms with E-state index in [2.05, 4.69) is 5.32 Å². The first-order valence-electron chi connectivity index (χ1n) is 7.62. The molecule has 0 saturated heterocycles. The summed E-state index contributed by atoms with van der Waals surface area (Å²) >= 11 is 0. The number of benzene rings is 1. The third kappa shape index (κ3) is 1.95. The summed E-state index contributed by atoms with van der Waals surface area (Å²) < 4.78 is 23.6. The summed E-state index contributed by atoms with van der Waals surface area (Å²) in [5.41, 5.74) is 0.0223. The summed E-state index contributed by atoms with van der Waals surface area (Å²) in [5, 5.41) is 14.7. The van der Waals surface area contributed by atoms with Crippen LogP contribution in [0.2, 0.25) is 0 Å². The molecule has 3 fully saturated rings. The summed E-state index contributed by atoms with van der Waals surface area (Å²) in [6.07, 6.45) is 4.86. The first kappa shape index (κ1) is 14.0. The van der Waals surface area contributed by atoms with E-state index in [1.54, 1.807) is 12.1 Å². The fraction of sp³-hybridized carbons (Fsp3) is 0.600. The minimum Gasteiger partial charge on any atom is -0.376 e. The van der Waals surface area contributed by atoms with E-state index in [0.717, 1.165) is 18.1 Å². The lowest BCUT2D eigenvalue weighted by molar-refractivity contribution is -0.386. The highest BCUT2D eigenvalue weighted by molar-refractivity contribution is 7.90. The molecule has 4 atom stereocenters. The molecule has 0 radical (unpaired) electrons. The molecule has 4 rings (SSSR count). The number of hydrogen-bond donors (Lipinski definition) is 1. The summed E-state index contributed by atoms with van der Waals surface area (Å²) in [4.78, 5) is 10.6. The Bertz CT molecular complexity index is 745. The van der Waals surface area contributed by atoms with Crippen molar-refractivity contribution in [2.75, 3.05) is 11.6 Å². The standard InChI is InChI=1S/C15H18N2O4S/c1-22(20,21)11-4-2-3-10(15(11)17(18)19)16-14-12-8-5-6-9(7-8)13(12)14/h2-4,8-9,12-14,16H,5-7H2,1H3. The number of anilines is 1. The van der Waals surface area contributed by atoms with Crippen LogP contribution in [0.3, 0.4) is 0 Å². The van der Waals surface area contributed by atoms with Crippen molar-refractivity contribution >= 4 is 21.2 Å². The third-order valence-electron chi connectivity index (χ3n) is 5.64. The highest BCUT2D eigenvalue weighted by Crippen LogP contribution is 2.66. The molecule has 4 unspecified atom stereocenters. The van der Waals surface area contributed by atoms with Crippen LogP contribution in [0.5, 0.6) is 0 Å². The molecule has 0 amide bonds. The molecule has 1 N–H and O–H groups in total. The first-order chi connectivity index (χ1) is 10.4. The predicted octanol–water partition coefficient (Wildman–Crippen LogP) is 2.45. The minimum atomic E-state index is -3.63. The van der Waals surface area contributed by atoms with Crippen LogP contribution >= 0.6 is 0 Å². The lowest BCUT2D eigenvalue weighted by Crippen LogP contribution is -2.15. The zero-order valence-corrected chi connectivity index (χ0v) is 13.0. The maximum absolute atomic E-state index is 11.8. The van der Waals surface area contributed by atoms with Crippen molar-refractivity contribution in [3.63, 3.8) is 0 Å². The molecule has 3 saturated carbocycles. The topological polar surface area (TPSA) is 89.3 Å². The Balaban J connectivity index is 1.67. The average Bonchev–Trinajstić information content (AvgIpc) is 2.82. The maximum Gasteiger partial charge on any atom is 0.310 e. The van der Waals surface area contributed by atoms with Crippen molar-refractivity contribution in [3.8, 4) is 0 Å². The molecule has 0 aliphatic heterocycles. The molecule has 1 aromatic carbocycles. The SMILES string of the molecule is CS(=O)(=O)c1cccc(NC2C3C4CCC(C4)C23)c1[N+](=O)[O-]. The van der Waals surface area contributed by atoms with Gasteiger partial charge >= 0.3 is 5.69 Å². The molecule has 2 bridgehead atoms. The van der Waals surface area contributed by atoms with E-state index in [1.165, 1.54) is 25.3 Å². The Morgan fingerprint density at radius 3 is 2.41 bits per heavy atom. The fourth-order valence-corrected chi connectivity index (χ4v) is 5.69. The van der Waals surface area contributed by atoms with Crippen LogP contribution in [0.4, 0.5) is 11.4 Å². The maximum atomic E-state index is 11.8. The van der Waals surface area contributed by atoms with E-state index in [-0.39, 0.29) is 16.6 Å². The second-order valence-electron chi connectivity index (χ2n) is 6.84. The zero-order valence-electron chi connectivity index (χ0n) is 12.2. The number of nitro benzene ring substituents is 1. The fourth-order valence-electron chi connectivity index (χ4n) is 4.82. The molecule has 22 heavy (non-hydrogen) atoms. The van der Waals surface area contributed by atoms with Gasteiger partial charge in [0, 0.05) is 12.3 Å². The Kier molecular flexibility index (Phi) is 2.82. The molecule has 1 aromatic rings. The smallest absolute Gasteiger partial charge is 0.310 e. The molecule has 0 aromatic heterocycles. The van der Waals surface area contributed by atoms with Gasteiger partial charge in [-0.25, -0.2) is 8.42 Å². The van der Waals surface area contributed by atoms with Crippen LogP contribution in [0.15, 0.2) is 23.1 Å². The lowest BCUT2D eigenvalue weighted by Gasteiger charge is -2.13. The van der Waals surface area contributed by atoms with Crippen LogP contribution < -0.4 is 5.32 Å². The van der Waals surface area contributed by atoms with E-state index in [1.807, 2.05) is 0 Å². The van der Waals surface area contributed by atoms with Crippen molar-refractivity contribution in [2.24, 2.45) is 23.7 Å². The molecule has 6 nitrogen and oxygen atoms in total. The monoisotopic (exact) mass is 322 g/mol. The number of sulfone groups is 1. The molecular formula is C15H18N2O4S. The summed E-state index contributed by atoms with van der Waals surface area (Å²) in [6, 6.07) is 4.76. The number of fused-ring (bicyclic) bond motifs is 5. The van der Waals surface area contributed by atoms with Gasteiger partial charge in [-0.05, 0) is 55.1 Å². The third-order valence-corrected chi connectivity index (χ3v) is 6.77. The molecule has 0 spiro atoms. The lowest BCUT2D eigenvalue weighted by atomic mass is 10.0. The second-order valence-corrected chi connectivity index (χ2v) is 8.82. The largest absolute Gasteiger partial charge is 0.376 e. The van der Waals surface area contributed by atoms with E-state index in [9.17, 15) is 18.5 Å². The van der Waals surface area contributed by atoms with Gasteiger partial charge in [-0.1, -0.05) is 6.07 Å². The number of rotatable bonds is 4. The quantitative estimate of drug-likeness (QED) is 0.679. The van der Waals surface area contributed by atoms with Gasteiger partial charge in [0.25, 0.3) is 0 Å². The van der Waals surface area contributed by atoms with Gasteiger partial charge in [0.1, 0.15) is 10.6 Å². The average molecular weight is 322 g/mol. The minimum absolute atomic E-state index is 0.212. The van der Waals surface area contributed by atoms with Crippen LogP contribution in [0.25, 0.3) is 0 Å². The van der Waals surface area contributed by atoms with Gasteiger partial charge in [0.15, 0.2) is 9.84 Å². The number of nitrogens with zero attached hydrogens (tertiary/aromatic N) is 1. The van der Waals surface area contributed by atoms with Crippen molar-refractivity contribution < 1.29 is 13.3 Å². The second kappa shape index (κ2) is 4.44. The van der Waals surface area contributed by atoms with E-state index in [0.29, 0.717) is 17.5 Å². The first-order valence-corrected chi connectivity index (χ1v) is 9.51. The van der Waals surface area contributed by atoms with Crippen molar-refractivity contribution in [1.29, 1.82) is 0 Å². The molecule has 3 aliphatic rings. The van der Waals surface area contributed by atoms with Crippen LogP contribution in [-0.4, -0.2) is 25.6 Å². The molecule has 118 valence electrons. The Hall–Kier alpha value is -1.63. The molecule has 0 heterocycles. The van der Waals surface area contributed by atoms with Gasteiger partial charge in [-0.15, -0.1) is 0 Å². The van der Waals surface area contributed by atoms with E-state index < -0.39 is 14.8 Å². The highest BCUT2D eigenvalue weighted by Gasteiger charge is 2.65.